The molecule has 1 N–H and O–H groups in total. The molecule has 0 aliphatic heterocycles. The normalized spacial score (nSPS) is 11.4. The minimum Gasteiger partial charge on any atom is -0.344 e. The zero-order chi connectivity index (χ0) is 15.8. The maximum atomic E-state index is 13.5. The highest BCUT2D eigenvalue weighted by atomic mass is 32.2. The Morgan fingerprint density at radius 2 is 1.86 bits per heavy atom. The number of amides is 1. The van der Waals surface area contributed by atoms with E-state index < -0.39 is 32.5 Å². The monoisotopic (exact) mass is 314 g/mol. The van der Waals surface area contributed by atoms with Crippen molar-refractivity contribution >= 4 is 15.9 Å². The summed E-state index contributed by atoms with van der Waals surface area (Å²) in [6.45, 7) is 1.74. The molecule has 0 spiro atoms. The van der Waals surface area contributed by atoms with Crippen LogP contribution in [0.5, 0.6) is 0 Å². The maximum Gasteiger partial charge on any atom is 0.281 e. The fraction of sp³-hybridized carbons (Fsp3) is 0.154. The van der Waals surface area contributed by atoms with Crippen molar-refractivity contribution < 1.29 is 22.0 Å². The number of carbonyl (C=O) groups excluding carboxylic acids is 1. The van der Waals surface area contributed by atoms with E-state index in [4.69, 9.17) is 0 Å². The van der Waals surface area contributed by atoms with Crippen LogP contribution in [0.2, 0.25) is 0 Å². The van der Waals surface area contributed by atoms with E-state index in [0.717, 1.165) is 17.8 Å². The summed E-state index contributed by atoms with van der Waals surface area (Å²) in [4.78, 5) is 11.1. The van der Waals surface area contributed by atoms with Crippen LogP contribution in [0, 0.1) is 18.6 Å². The number of nitrogens with one attached hydrogen (secondary N) is 1. The van der Waals surface area contributed by atoms with Crippen molar-refractivity contribution in [2.45, 2.75) is 11.8 Å². The average molecular weight is 314 g/mol. The van der Waals surface area contributed by atoms with Crippen molar-refractivity contribution in [1.82, 2.24) is 9.29 Å². The number of sulfonamides is 1. The predicted molar refractivity (Wildman–Crippen MR) is 71.2 cm³/mol. The molecule has 0 radical (unpaired) electrons. The van der Waals surface area contributed by atoms with Crippen LogP contribution in [-0.2, 0) is 17.1 Å². The Kier molecular flexibility index (Phi) is 3.82. The van der Waals surface area contributed by atoms with Crippen LogP contribution in [-0.4, -0.2) is 18.9 Å². The molecule has 0 unspecified atom stereocenters. The second kappa shape index (κ2) is 5.28. The van der Waals surface area contributed by atoms with Crippen LogP contribution >= 0.6 is 0 Å². The van der Waals surface area contributed by atoms with Gasteiger partial charge in [0.1, 0.15) is 22.2 Å². The molecule has 0 bridgehead atoms. The first kappa shape index (κ1) is 15.2. The summed E-state index contributed by atoms with van der Waals surface area (Å²) in [6.07, 6.45) is 0. The largest absolute Gasteiger partial charge is 0.344 e. The van der Waals surface area contributed by atoms with Gasteiger partial charge in [-0.25, -0.2) is 21.9 Å². The van der Waals surface area contributed by atoms with Gasteiger partial charge in [0.25, 0.3) is 15.9 Å². The smallest absolute Gasteiger partial charge is 0.281 e. The van der Waals surface area contributed by atoms with E-state index in [1.807, 2.05) is 0 Å². The fourth-order valence-electron chi connectivity index (χ4n) is 1.76. The lowest BCUT2D eigenvalue weighted by Gasteiger charge is -2.09. The lowest BCUT2D eigenvalue weighted by molar-refractivity contribution is 0.0973. The molecule has 8 heteroatoms. The summed E-state index contributed by atoms with van der Waals surface area (Å²) in [5, 5.41) is 0. The van der Waals surface area contributed by atoms with Gasteiger partial charge in [0, 0.05) is 18.8 Å². The third kappa shape index (κ3) is 2.94. The number of benzene rings is 1. The quantitative estimate of drug-likeness (QED) is 0.938. The second-order valence-corrected chi connectivity index (χ2v) is 6.08. The van der Waals surface area contributed by atoms with Crippen molar-refractivity contribution in [1.29, 1.82) is 0 Å². The van der Waals surface area contributed by atoms with Gasteiger partial charge in [-0.2, -0.15) is 0 Å². The van der Waals surface area contributed by atoms with Gasteiger partial charge >= 0.3 is 0 Å². The number of aromatic nitrogens is 1. The van der Waals surface area contributed by atoms with Crippen molar-refractivity contribution in [2.24, 2.45) is 7.05 Å². The first-order valence-electron chi connectivity index (χ1n) is 5.87. The number of halogens is 2. The van der Waals surface area contributed by atoms with Gasteiger partial charge in [-0.15, -0.1) is 0 Å². The number of hydrogen-bond acceptors (Lipinski definition) is 3. The summed E-state index contributed by atoms with van der Waals surface area (Å²) in [6, 6.07) is 5.08. The molecule has 0 saturated heterocycles. The summed E-state index contributed by atoms with van der Waals surface area (Å²) < 4.78 is 53.5. The van der Waals surface area contributed by atoms with Crippen LogP contribution in [0.4, 0.5) is 8.78 Å². The highest BCUT2D eigenvalue weighted by molar-refractivity contribution is 7.90. The highest BCUT2D eigenvalue weighted by Gasteiger charge is 2.24. The Bertz CT molecular complexity index is 813. The van der Waals surface area contributed by atoms with E-state index in [-0.39, 0.29) is 5.69 Å². The molecule has 1 heterocycles. The molecule has 0 saturated carbocycles. The number of rotatable bonds is 3. The molecule has 2 rings (SSSR count). The molecule has 112 valence electrons. The average Bonchev–Trinajstić information content (AvgIpc) is 2.68. The number of nitrogens with zero attached hydrogens (tertiary/aromatic N) is 1. The van der Waals surface area contributed by atoms with Crippen molar-refractivity contribution in [2.75, 3.05) is 0 Å². The third-order valence-electron chi connectivity index (χ3n) is 3.02. The molecule has 0 atom stereocenters. The van der Waals surface area contributed by atoms with Crippen LogP contribution in [0.3, 0.4) is 0 Å². The number of carbonyl (C=O) groups is 1. The van der Waals surface area contributed by atoms with E-state index >= 15 is 0 Å². The van der Waals surface area contributed by atoms with Crippen LogP contribution in [0.15, 0.2) is 35.2 Å². The number of aryl methyl sites for hydroxylation is 1. The number of hydrogen-bond donors (Lipinski definition) is 1. The standard InChI is InChI=1S/C13H12F2N2O3S/c1-8-3-5-11(17(8)2)13(18)16-21(19,20)12-6-4-9(14)7-10(12)15/h3-7H,1-2H3,(H,16,18). The molecular formula is C13H12F2N2O3S. The molecule has 5 nitrogen and oxygen atoms in total. The first-order valence-corrected chi connectivity index (χ1v) is 7.35. The van der Waals surface area contributed by atoms with Gasteiger partial charge in [0.15, 0.2) is 0 Å². The summed E-state index contributed by atoms with van der Waals surface area (Å²) in [5.74, 6) is -3.07. The second-order valence-electron chi connectivity index (χ2n) is 4.43. The predicted octanol–water partition coefficient (Wildman–Crippen LogP) is 1.73. The summed E-state index contributed by atoms with van der Waals surface area (Å²) in [7, 11) is -2.82. The molecule has 2 aromatic rings. The van der Waals surface area contributed by atoms with Crippen LogP contribution in [0.1, 0.15) is 16.2 Å². The lowest BCUT2D eigenvalue weighted by atomic mass is 10.3. The minimum atomic E-state index is -4.42. The fourth-order valence-corrected chi connectivity index (χ4v) is 2.79. The van der Waals surface area contributed by atoms with Crippen molar-refractivity contribution in [3.05, 3.63) is 53.4 Å². The Morgan fingerprint density at radius 3 is 2.38 bits per heavy atom. The molecule has 1 aromatic heterocycles. The van der Waals surface area contributed by atoms with Gasteiger partial charge in [-0.05, 0) is 31.2 Å². The van der Waals surface area contributed by atoms with E-state index in [9.17, 15) is 22.0 Å². The van der Waals surface area contributed by atoms with Crippen LogP contribution < -0.4 is 4.72 Å². The zero-order valence-corrected chi connectivity index (χ0v) is 12.0. The molecule has 0 aliphatic carbocycles. The van der Waals surface area contributed by atoms with Gasteiger partial charge in [-0.3, -0.25) is 4.79 Å². The van der Waals surface area contributed by atoms with Gasteiger partial charge in [-0.1, -0.05) is 0 Å². The van der Waals surface area contributed by atoms with Crippen LogP contribution in [0.25, 0.3) is 0 Å². The SMILES string of the molecule is Cc1ccc(C(=O)NS(=O)(=O)c2ccc(F)cc2F)n1C. The molecule has 1 aromatic carbocycles. The Hall–Kier alpha value is -2.22. The Labute approximate surface area is 120 Å². The lowest BCUT2D eigenvalue weighted by Crippen LogP contribution is -2.32. The highest BCUT2D eigenvalue weighted by Crippen LogP contribution is 2.16. The van der Waals surface area contributed by atoms with Gasteiger partial charge < -0.3 is 4.57 Å². The topological polar surface area (TPSA) is 68.2 Å². The van der Waals surface area contributed by atoms with Gasteiger partial charge in [0.05, 0.1) is 0 Å². The first-order chi connectivity index (χ1) is 9.72. The summed E-state index contributed by atoms with van der Waals surface area (Å²) in [5.41, 5.74) is 0.865. The van der Waals surface area contributed by atoms with Crippen molar-refractivity contribution in [3.8, 4) is 0 Å². The van der Waals surface area contributed by atoms with Gasteiger partial charge in [0.2, 0.25) is 0 Å². The maximum absolute atomic E-state index is 13.5. The van der Waals surface area contributed by atoms with E-state index in [2.05, 4.69) is 0 Å². The Balaban J connectivity index is 2.33. The Morgan fingerprint density at radius 1 is 1.19 bits per heavy atom. The third-order valence-corrected chi connectivity index (χ3v) is 4.38. The van der Waals surface area contributed by atoms with E-state index in [0.29, 0.717) is 6.07 Å². The van der Waals surface area contributed by atoms with Crippen molar-refractivity contribution in [3.63, 3.8) is 0 Å². The molecule has 1 amide bonds. The molecule has 21 heavy (non-hydrogen) atoms. The summed E-state index contributed by atoms with van der Waals surface area (Å²) >= 11 is 0. The van der Waals surface area contributed by atoms with E-state index in [1.165, 1.54) is 10.6 Å². The zero-order valence-electron chi connectivity index (χ0n) is 11.2. The molecule has 0 aliphatic rings. The minimum absolute atomic E-state index is 0.110. The molecular weight excluding hydrogens is 302 g/mol. The van der Waals surface area contributed by atoms with E-state index in [1.54, 1.807) is 24.8 Å². The molecule has 0 fully saturated rings.